The van der Waals surface area contributed by atoms with Crippen LogP contribution in [0, 0.1) is 0 Å². The van der Waals surface area contributed by atoms with Crippen molar-refractivity contribution in [3.8, 4) is 11.5 Å². The largest absolute Gasteiger partial charge is 0.454 e. The highest BCUT2D eigenvalue weighted by molar-refractivity contribution is 6.32. The highest BCUT2D eigenvalue weighted by atomic mass is 35.5. The number of fused-ring (bicyclic) bond motifs is 3. The van der Waals surface area contributed by atoms with Crippen LogP contribution >= 0.6 is 24.0 Å². The van der Waals surface area contributed by atoms with Crippen LogP contribution in [0.1, 0.15) is 36.0 Å². The van der Waals surface area contributed by atoms with Crippen LogP contribution in [-0.4, -0.2) is 42.8 Å². The summed E-state index contributed by atoms with van der Waals surface area (Å²) >= 11 is 6.18. The van der Waals surface area contributed by atoms with E-state index in [0.717, 1.165) is 12.8 Å². The van der Waals surface area contributed by atoms with Crippen LogP contribution < -0.4 is 14.8 Å². The van der Waals surface area contributed by atoms with E-state index in [-0.39, 0.29) is 31.1 Å². The van der Waals surface area contributed by atoms with Crippen LogP contribution in [0.2, 0.25) is 5.02 Å². The molecule has 3 aliphatic rings. The van der Waals surface area contributed by atoms with Crippen molar-refractivity contribution >= 4 is 29.9 Å². The van der Waals surface area contributed by atoms with E-state index in [9.17, 15) is 4.79 Å². The zero-order chi connectivity index (χ0) is 15.3. The minimum Gasteiger partial charge on any atom is -0.454 e. The molecule has 5 nitrogen and oxygen atoms in total. The summed E-state index contributed by atoms with van der Waals surface area (Å²) in [7, 11) is 1.89. The quantitative estimate of drug-likeness (QED) is 0.882. The van der Waals surface area contributed by atoms with Gasteiger partial charge in [0.15, 0.2) is 11.5 Å². The molecule has 23 heavy (non-hydrogen) atoms. The summed E-state index contributed by atoms with van der Waals surface area (Å²) in [6.07, 6.45) is 4.49. The second kappa shape index (κ2) is 6.38. The number of ether oxygens (including phenoxy) is 2. The zero-order valence-electron chi connectivity index (χ0n) is 12.9. The molecule has 1 amide bonds. The number of piperidine rings is 1. The van der Waals surface area contributed by atoms with E-state index in [0.29, 0.717) is 34.2 Å². The standard InChI is InChI=1S/C16H19ClN2O3.ClH/c1-19(12-6-10-2-3-11(7-12)18-10)16(20)9-4-13(17)15-14(5-9)21-8-22-15;/h4-5,10-12,18H,2-3,6-8H2,1H3;1H. The second-order valence-electron chi connectivity index (χ2n) is 6.37. The van der Waals surface area contributed by atoms with Crippen molar-refractivity contribution in [2.24, 2.45) is 0 Å². The van der Waals surface area contributed by atoms with E-state index in [2.05, 4.69) is 5.32 Å². The number of carbonyl (C=O) groups is 1. The van der Waals surface area contributed by atoms with Crippen molar-refractivity contribution in [2.75, 3.05) is 13.8 Å². The van der Waals surface area contributed by atoms with Gasteiger partial charge in [-0.3, -0.25) is 4.79 Å². The fourth-order valence-corrected chi connectivity index (χ4v) is 4.07. The highest BCUT2D eigenvalue weighted by Crippen LogP contribution is 2.40. The summed E-state index contributed by atoms with van der Waals surface area (Å²) in [6.45, 7) is 0.153. The van der Waals surface area contributed by atoms with E-state index in [1.807, 2.05) is 11.9 Å². The van der Waals surface area contributed by atoms with Gasteiger partial charge >= 0.3 is 0 Å². The molecule has 1 aromatic carbocycles. The Morgan fingerprint density at radius 3 is 2.65 bits per heavy atom. The Bertz CT molecular complexity index is 614. The molecule has 1 aromatic rings. The van der Waals surface area contributed by atoms with Gasteiger partial charge in [0, 0.05) is 30.7 Å². The summed E-state index contributed by atoms with van der Waals surface area (Å²) in [5.41, 5.74) is 0.558. The van der Waals surface area contributed by atoms with Gasteiger partial charge in [0.1, 0.15) is 0 Å². The first kappa shape index (κ1) is 16.7. The lowest BCUT2D eigenvalue weighted by molar-refractivity contribution is 0.0681. The summed E-state index contributed by atoms with van der Waals surface area (Å²) in [4.78, 5) is 14.6. The Balaban J connectivity index is 0.00000156. The molecule has 2 unspecified atom stereocenters. The average Bonchev–Trinajstić information content (AvgIpc) is 3.12. The van der Waals surface area contributed by atoms with Crippen molar-refractivity contribution < 1.29 is 14.3 Å². The third-order valence-corrected chi connectivity index (χ3v) is 5.27. The Kier molecular flexibility index (Phi) is 4.63. The number of nitrogens with one attached hydrogen (secondary N) is 1. The van der Waals surface area contributed by atoms with Gasteiger partial charge in [0.25, 0.3) is 5.91 Å². The number of nitrogens with zero attached hydrogens (tertiary/aromatic N) is 1. The number of hydrogen-bond donors (Lipinski definition) is 1. The van der Waals surface area contributed by atoms with E-state index in [1.54, 1.807) is 12.1 Å². The predicted molar refractivity (Wildman–Crippen MR) is 89.9 cm³/mol. The Morgan fingerprint density at radius 2 is 1.96 bits per heavy atom. The van der Waals surface area contributed by atoms with Crippen molar-refractivity contribution in [2.45, 2.75) is 43.8 Å². The fourth-order valence-electron chi connectivity index (χ4n) is 3.80. The molecule has 2 fully saturated rings. The third-order valence-electron chi connectivity index (χ3n) is 4.99. The molecule has 0 aromatic heterocycles. The molecule has 2 bridgehead atoms. The lowest BCUT2D eigenvalue weighted by Gasteiger charge is -2.35. The average molecular weight is 359 g/mol. The fraction of sp³-hybridized carbons (Fsp3) is 0.562. The first-order valence-electron chi connectivity index (χ1n) is 7.74. The Hall–Kier alpha value is -1.17. The van der Waals surface area contributed by atoms with Crippen LogP contribution in [0.4, 0.5) is 0 Å². The number of halogens is 2. The molecule has 2 atom stereocenters. The molecular weight excluding hydrogens is 339 g/mol. The van der Waals surface area contributed by atoms with Gasteiger partial charge in [0.2, 0.25) is 6.79 Å². The van der Waals surface area contributed by atoms with E-state index in [4.69, 9.17) is 21.1 Å². The lowest BCUT2D eigenvalue weighted by atomic mass is 9.98. The predicted octanol–water partition coefficient (Wildman–Crippen LogP) is 2.85. The minimum atomic E-state index is -0.00787. The molecule has 126 valence electrons. The maximum absolute atomic E-state index is 12.8. The molecule has 3 heterocycles. The maximum atomic E-state index is 12.8. The van der Waals surface area contributed by atoms with Gasteiger partial charge in [0.05, 0.1) is 5.02 Å². The third kappa shape index (κ3) is 2.97. The van der Waals surface area contributed by atoms with Crippen LogP contribution in [0.5, 0.6) is 11.5 Å². The van der Waals surface area contributed by atoms with E-state index >= 15 is 0 Å². The van der Waals surface area contributed by atoms with Crippen molar-refractivity contribution in [3.05, 3.63) is 22.7 Å². The second-order valence-corrected chi connectivity index (χ2v) is 6.78. The SMILES string of the molecule is CN(C(=O)c1cc(Cl)c2c(c1)OCO2)C1CC2CCC(C1)N2.Cl. The maximum Gasteiger partial charge on any atom is 0.254 e. The molecule has 4 rings (SSSR count). The summed E-state index contributed by atoms with van der Waals surface area (Å²) in [5, 5.41) is 4.03. The van der Waals surface area contributed by atoms with Gasteiger partial charge in [-0.2, -0.15) is 0 Å². The van der Waals surface area contributed by atoms with Gasteiger partial charge in [-0.1, -0.05) is 11.6 Å². The van der Waals surface area contributed by atoms with Crippen molar-refractivity contribution in [1.82, 2.24) is 10.2 Å². The molecule has 1 N–H and O–H groups in total. The monoisotopic (exact) mass is 358 g/mol. The van der Waals surface area contributed by atoms with E-state index < -0.39 is 0 Å². The molecule has 7 heteroatoms. The molecule has 2 saturated heterocycles. The van der Waals surface area contributed by atoms with Crippen molar-refractivity contribution in [1.29, 1.82) is 0 Å². The van der Waals surface area contributed by atoms with Gasteiger partial charge in [-0.05, 0) is 37.8 Å². The topological polar surface area (TPSA) is 50.8 Å². The number of carbonyl (C=O) groups excluding carboxylic acids is 1. The molecule has 0 saturated carbocycles. The number of hydrogen-bond acceptors (Lipinski definition) is 4. The number of benzene rings is 1. The van der Waals surface area contributed by atoms with Gasteiger partial charge < -0.3 is 19.7 Å². The normalized spacial score (nSPS) is 27.5. The first-order valence-corrected chi connectivity index (χ1v) is 8.12. The molecule has 0 radical (unpaired) electrons. The molecule has 0 aliphatic carbocycles. The molecular formula is C16H20Cl2N2O3. The molecule has 3 aliphatic heterocycles. The first-order chi connectivity index (χ1) is 10.6. The van der Waals surface area contributed by atoms with Gasteiger partial charge in [-0.25, -0.2) is 0 Å². The summed E-state index contributed by atoms with van der Waals surface area (Å²) < 4.78 is 10.6. The zero-order valence-corrected chi connectivity index (χ0v) is 14.5. The smallest absolute Gasteiger partial charge is 0.254 e. The van der Waals surface area contributed by atoms with Crippen molar-refractivity contribution in [3.63, 3.8) is 0 Å². The minimum absolute atomic E-state index is 0. The summed E-state index contributed by atoms with van der Waals surface area (Å²) in [6, 6.07) is 4.79. The Labute approximate surface area is 146 Å². The number of amides is 1. The molecule has 0 spiro atoms. The Morgan fingerprint density at radius 1 is 1.26 bits per heavy atom. The summed E-state index contributed by atoms with van der Waals surface area (Å²) in [5.74, 6) is 1.07. The van der Waals surface area contributed by atoms with Crippen LogP contribution in [0.25, 0.3) is 0 Å². The highest BCUT2D eigenvalue weighted by Gasteiger charge is 2.36. The van der Waals surface area contributed by atoms with E-state index in [1.165, 1.54) is 12.8 Å². The van der Waals surface area contributed by atoms with Crippen LogP contribution in [0.3, 0.4) is 0 Å². The lowest BCUT2D eigenvalue weighted by Crippen LogP contribution is -2.48. The van der Waals surface area contributed by atoms with Crippen LogP contribution in [-0.2, 0) is 0 Å². The number of rotatable bonds is 2. The van der Waals surface area contributed by atoms with Crippen LogP contribution in [0.15, 0.2) is 12.1 Å². The van der Waals surface area contributed by atoms with Gasteiger partial charge in [-0.15, -0.1) is 12.4 Å².